The number of nitrogens with zero attached hydrogens (tertiary/aromatic N) is 1. The van der Waals surface area contributed by atoms with Crippen LogP contribution in [0.4, 0.5) is 0 Å². The van der Waals surface area contributed by atoms with E-state index in [1.807, 2.05) is 0 Å². The van der Waals surface area contributed by atoms with Gasteiger partial charge >= 0.3 is 0 Å². The Hall–Kier alpha value is -1.46. The van der Waals surface area contributed by atoms with Crippen LogP contribution in [0, 0.1) is 0 Å². The molecule has 120 valence electrons. The lowest BCUT2D eigenvalue weighted by molar-refractivity contribution is -0.127. The van der Waals surface area contributed by atoms with Crippen molar-refractivity contribution in [2.45, 2.75) is 31.2 Å². The third-order valence-electron chi connectivity index (χ3n) is 4.31. The van der Waals surface area contributed by atoms with Gasteiger partial charge in [0.2, 0.25) is 5.91 Å². The molecule has 1 aliphatic rings. The van der Waals surface area contributed by atoms with Crippen LogP contribution in [0.5, 0.6) is 5.75 Å². The summed E-state index contributed by atoms with van der Waals surface area (Å²) in [6, 6.07) is 2.93. The van der Waals surface area contributed by atoms with Gasteiger partial charge in [-0.2, -0.15) is 0 Å². The minimum absolute atomic E-state index is 0.249. The van der Waals surface area contributed by atoms with Gasteiger partial charge in [0, 0.05) is 13.1 Å². The van der Waals surface area contributed by atoms with Crippen molar-refractivity contribution in [1.29, 1.82) is 0 Å². The smallest absolute Gasteiger partial charge is 0.258 e. The highest BCUT2D eigenvalue weighted by atomic mass is 35.5. The monoisotopic (exact) mass is 344 g/mol. The zero-order chi connectivity index (χ0) is 16.5. The number of carbonyl (C=O) groups excluding carboxylic acids is 2. The Balaban J connectivity index is 2.43. The summed E-state index contributed by atoms with van der Waals surface area (Å²) in [6.45, 7) is 0. The van der Waals surface area contributed by atoms with Gasteiger partial charge in [0.25, 0.3) is 5.91 Å². The first kappa shape index (κ1) is 16.9. The number of ether oxygens (including phenoxy) is 1. The number of primary amides is 1. The molecule has 0 aliphatic heterocycles. The highest BCUT2D eigenvalue weighted by molar-refractivity contribution is 6.42. The van der Waals surface area contributed by atoms with Crippen LogP contribution in [0.2, 0.25) is 10.0 Å². The Morgan fingerprint density at radius 1 is 1.23 bits per heavy atom. The zero-order valence-electron chi connectivity index (χ0n) is 12.5. The first-order chi connectivity index (χ1) is 10.3. The van der Waals surface area contributed by atoms with Crippen LogP contribution in [0.15, 0.2) is 12.1 Å². The number of benzene rings is 1. The van der Waals surface area contributed by atoms with Crippen LogP contribution >= 0.6 is 23.2 Å². The van der Waals surface area contributed by atoms with Gasteiger partial charge < -0.3 is 15.4 Å². The maximum Gasteiger partial charge on any atom is 0.258 e. The number of hydrogen-bond acceptors (Lipinski definition) is 3. The number of rotatable bonds is 4. The number of hydrogen-bond donors (Lipinski definition) is 1. The highest BCUT2D eigenvalue weighted by Crippen LogP contribution is 2.37. The number of amides is 2. The van der Waals surface area contributed by atoms with E-state index in [0.717, 1.165) is 12.8 Å². The fourth-order valence-corrected chi connectivity index (χ4v) is 3.26. The van der Waals surface area contributed by atoms with Crippen LogP contribution in [-0.4, -0.2) is 36.4 Å². The summed E-state index contributed by atoms with van der Waals surface area (Å²) in [5, 5.41) is 0.543. The quantitative estimate of drug-likeness (QED) is 0.912. The van der Waals surface area contributed by atoms with Crippen LogP contribution in [-0.2, 0) is 4.79 Å². The molecule has 22 heavy (non-hydrogen) atoms. The molecule has 1 aliphatic carbocycles. The number of halogens is 2. The van der Waals surface area contributed by atoms with Gasteiger partial charge in [-0.05, 0) is 18.9 Å². The summed E-state index contributed by atoms with van der Waals surface area (Å²) in [4.78, 5) is 26.2. The molecule has 5 nitrogen and oxygen atoms in total. The van der Waals surface area contributed by atoms with Crippen molar-refractivity contribution in [3.63, 3.8) is 0 Å². The molecule has 0 spiro atoms. The first-order valence-corrected chi connectivity index (χ1v) is 7.70. The van der Waals surface area contributed by atoms with E-state index >= 15 is 0 Å². The maximum absolute atomic E-state index is 12.8. The number of methoxy groups -OCH3 is 1. The molecule has 1 fully saturated rings. The lowest BCUT2D eigenvalue weighted by atomic mass is 9.93. The number of nitrogens with two attached hydrogens (primary N) is 1. The minimum atomic E-state index is -0.950. The van der Waals surface area contributed by atoms with Crippen LogP contribution in [0.25, 0.3) is 0 Å². The summed E-state index contributed by atoms with van der Waals surface area (Å²) in [5.74, 6) is -0.542. The second-order valence-corrected chi connectivity index (χ2v) is 6.25. The van der Waals surface area contributed by atoms with E-state index in [-0.39, 0.29) is 16.5 Å². The van der Waals surface area contributed by atoms with E-state index in [4.69, 9.17) is 33.7 Å². The zero-order valence-corrected chi connectivity index (χ0v) is 14.0. The topological polar surface area (TPSA) is 72.6 Å². The van der Waals surface area contributed by atoms with Crippen molar-refractivity contribution in [1.82, 2.24) is 4.90 Å². The molecule has 1 aromatic rings. The summed E-state index contributed by atoms with van der Waals surface area (Å²) < 4.78 is 5.20. The molecule has 0 saturated heterocycles. The van der Waals surface area contributed by atoms with Gasteiger partial charge in [-0.3, -0.25) is 9.59 Å². The number of likely N-dealkylation sites (N-methyl/N-ethyl adjacent to an activating group) is 1. The molecule has 0 unspecified atom stereocenters. The Labute approximate surface area is 139 Å². The van der Waals surface area contributed by atoms with E-state index in [1.165, 1.54) is 24.1 Å². The molecule has 0 atom stereocenters. The lowest BCUT2D eigenvalue weighted by Gasteiger charge is -2.36. The third kappa shape index (κ3) is 2.75. The second kappa shape index (κ2) is 6.34. The Morgan fingerprint density at radius 3 is 2.27 bits per heavy atom. The standard InChI is InChI=1S/C15H18Cl2N2O3/c1-19(15(14(18)21)5-3-4-6-15)13(20)9-7-10(16)11(17)8-12(9)22-2/h7-8H,3-6H2,1-2H3,(H2,18,21). The lowest BCUT2D eigenvalue weighted by Crippen LogP contribution is -2.56. The second-order valence-electron chi connectivity index (χ2n) is 5.43. The third-order valence-corrected chi connectivity index (χ3v) is 5.03. The molecule has 0 bridgehead atoms. The molecule has 1 saturated carbocycles. The van der Waals surface area contributed by atoms with Crippen LogP contribution < -0.4 is 10.5 Å². The van der Waals surface area contributed by atoms with Crippen molar-refractivity contribution in [2.75, 3.05) is 14.2 Å². The van der Waals surface area contributed by atoms with Gasteiger partial charge in [-0.1, -0.05) is 36.0 Å². The normalized spacial score (nSPS) is 16.4. The summed E-state index contributed by atoms with van der Waals surface area (Å²) in [5.41, 5.74) is 4.87. The molecule has 2 rings (SSSR count). The van der Waals surface area contributed by atoms with Crippen LogP contribution in [0.1, 0.15) is 36.0 Å². The average Bonchev–Trinajstić information content (AvgIpc) is 2.99. The summed E-state index contributed by atoms with van der Waals surface area (Å²) in [7, 11) is 3.02. The Kier molecular flexibility index (Phi) is 4.87. The summed E-state index contributed by atoms with van der Waals surface area (Å²) >= 11 is 11.9. The summed E-state index contributed by atoms with van der Waals surface area (Å²) in [6.07, 6.45) is 2.85. The molecular weight excluding hydrogens is 327 g/mol. The average molecular weight is 345 g/mol. The maximum atomic E-state index is 12.8. The first-order valence-electron chi connectivity index (χ1n) is 6.94. The minimum Gasteiger partial charge on any atom is -0.496 e. The molecule has 0 aromatic heterocycles. The molecule has 2 amide bonds. The molecule has 0 heterocycles. The van der Waals surface area contributed by atoms with Gasteiger partial charge in [-0.25, -0.2) is 0 Å². The van der Waals surface area contributed by atoms with E-state index in [2.05, 4.69) is 0 Å². The molecule has 2 N–H and O–H groups in total. The van der Waals surface area contributed by atoms with Crippen molar-refractivity contribution >= 4 is 35.0 Å². The van der Waals surface area contributed by atoms with Crippen molar-refractivity contribution in [3.8, 4) is 5.75 Å². The van der Waals surface area contributed by atoms with E-state index in [9.17, 15) is 9.59 Å². The van der Waals surface area contributed by atoms with Crippen molar-refractivity contribution in [2.24, 2.45) is 5.73 Å². The van der Waals surface area contributed by atoms with Gasteiger partial charge in [0.1, 0.15) is 11.3 Å². The van der Waals surface area contributed by atoms with Crippen molar-refractivity contribution < 1.29 is 14.3 Å². The molecule has 1 aromatic carbocycles. The largest absolute Gasteiger partial charge is 0.496 e. The SMILES string of the molecule is COc1cc(Cl)c(Cl)cc1C(=O)N(C)C1(C(N)=O)CCCC1. The van der Waals surface area contributed by atoms with Gasteiger partial charge in [0.05, 0.1) is 22.7 Å². The molecule has 7 heteroatoms. The van der Waals surface area contributed by atoms with E-state index in [0.29, 0.717) is 23.6 Å². The van der Waals surface area contributed by atoms with Gasteiger partial charge in [-0.15, -0.1) is 0 Å². The Bertz CT molecular complexity index is 613. The molecular formula is C15H18Cl2N2O3. The predicted octanol–water partition coefficient (Wildman–Crippen LogP) is 2.87. The Morgan fingerprint density at radius 2 is 1.77 bits per heavy atom. The fourth-order valence-electron chi connectivity index (χ4n) is 2.95. The van der Waals surface area contributed by atoms with Gasteiger partial charge in [0.15, 0.2) is 0 Å². The molecule has 0 radical (unpaired) electrons. The fraction of sp³-hybridized carbons (Fsp3) is 0.467. The number of carbonyl (C=O) groups is 2. The highest BCUT2D eigenvalue weighted by Gasteiger charge is 2.45. The van der Waals surface area contributed by atoms with E-state index < -0.39 is 11.4 Å². The van der Waals surface area contributed by atoms with Crippen molar-refractivity contribution in [3.05, 3.63) is 27.7 Å². The predicted molar refractivity (Wildman–Crippen MR) is 85.5 cm³/mol. The van der Waals surface area contributed by atoms with Crippen LogP contribution in [0.3, 0.4) is 0 Å². The van der Waals surface area contributed by atoms with E-state index in [1.54, 1.807) is 7.05 Å².